The Labute approximate surface area is 122 Å². The highest BCUT2D eigenvalue weighted by atomic mass is 32.2. The van der Waals surface area contributed by atoms with E-state index >= 15 is 0 Å². The van der Waals surface area contributed by atoms with Gasteiger partial charge in [0.2, 0.25) is 10.0 Å². The lowest BCUT2D eigenvalue weighted by Crippen LogP contribution is -2.48. The van der Waals surface area contributed by atoms with E-state index < -0.39 is 14.9 Å². The van der Waals surface area contributed by atoms with Crippen LogP contribution >= 0.6 is 0 Å². The van der Waals surface area contributed by atoms with Crippen LogP contribution in [-0.4, -0.2) is 50.0 Å². The highest BCUT2D eigenvalue weighted by molar-refractivity contribution is 7.89. The first-order chi connectivity index (χ1) is 9.86. The van der Waals surface area contributed by atoms with Gasteiger partial charge in [-0.15, -0.1) is 0 Å². The van der Waals surface area contributed by atoms with Gasteiger partial charge in [0, 0.05) is 31.8 Å². The number of hydrogen-bond donors (Lipinski definition) is 1. The molecule has 1 aromatic carbocycles. The van der Waals surface area contributed by atoms with Crippen LogP contribution in [0.4, 0.5) is 5.69 Å². The molecule has 9 heteroatoms. The first kappa shape index (κ1) is 15.8. The number of nitrogens with zero attached hydrogens (tertiary/aromatic N) is 2. The van der Waals surface area contributed by atoms with Gasteiger partial charge in [0.05, 0.1) is 22.5 Å². The summed E-state index contributed by atoms with van der Waals surface area (Å²) < 4.78 is 31.9. The number of benzene rings is 1. The van der Waals surface area contributed by atoms with E-state index in [0.717, 1.165) is 6.07 Å². The van der Waals surface area contributed by atoms with Gasteiger partial charge in [0.25, 0.3) is 5.69 Å². The summed E-state index contributed by atoms with van der Waals surface area (Å²) in [6.45, 7) is 2.45. The Bertz CT molecular complexity index is 646. The summed E-state index contributed by atoms with van der Waals surface area (Å²) in [7, 11) is -3.80. The largest absolute Gasteiger partial charge is 0.374 e. The van der Waals surface area contributed by atoms with Crippen molar-refractivity contribution in [2.24, 2.45) is 5.73 Å². The number of hydrogen-bond acceptors (Lipinski definition) is 6. The van der Waals surface area contributed by atoms with Crippen molar-refractivity contribution in [3.05, 3.63) is 33.9 Å². The minimum absolute atomic E-state index is 0.0469. The van der Waals surface area contributed by atoms with Crippen molar-refractivity contribution < 1.29 is 18.1 Å². The van der Waals surface area contributed by atoms with Gasteiger partial charge >= 0.3 is 0 Å². The maximum absolute atomic E-state index is 12.7. The van der Waals surface area contributed by atoms with Gasteiger partial charge in [-0.2, -0.15) is 4.31 Å². The molecule has 1 fully saturated rings. The molecule has 1 aliphatic rings. The van der Waals surface area contributed by atoms with Crippen LogP contribution in [0.1, 0.15) is 5.56 Å². The standard InChI is InChI=1S/C12H17N3O5S/c1-9-2-3-10(15(16)17)6-12(9)21(18,19)14-4-5-20-11(7-13)8-14/h2-3,6,11H,4-5,7-8,13H2,1H3. The van der Waals surface area contributed by atoms with Crippen molar-refractivity contribution in [1.29, 1.82) is 0 Å². The first-order valence-electron chi connectivity index (χ1n) is 6.43. The topological polar surface area (TPSA) is 116 Å². The smallest absolute Gasteiger partial charge is 0.270 e. The van der Waals surface area contributed by atoms with Crippen molar-refractivity contribution in [3.63, 3.8) is 0 Å². The minimum Gasteiger partial charge on any atom is -0.374 e. The molecule has 1 saturated heterocycles. The number of nitro groups is 1. The molecule has 116 valence electrons. The first-order valence-corrected chi connectivity index (χ1v) is 7.87. The molecule has 2 rings (SSSR count). The quantitative estimate of drug-likeness (QED) is 0.629. The second-order valence-corrected chi connectivity index (χ2v) is 6.70. The summed E-state index contributed by atoms with van der Waals surface area (Å²) in [6.07, 6.45) is -0.354. The van der Waals surface area contributed by atoms with E-state index in [1.54, 1.807) is 6.92 Å². The van der Waals surface area contributed by atoms with Crippen LogP contribution in [0.5, 0.6) is 0 Å². The molecule has 8 nitrogen and oxygen atoms in total. The Morgan fingerprint density at radius 3 is 2.86 bits per heavy atom. The molecule has 0 aliphatic carbocycles. The van der Waals surface area contributed by atoms with Crippen LogP contribution < -0.4 is 5.73 Å². The zero-order valence-electron chi connectivity index (χ0n) is 11.6. The summed E-state index contributed by atoms with van der Waals surface area (Å²) in [4.78, 5) is 10.2. The molecule has 0 amide bonds. The second-order valence-electron chi connectivity index (χ2n) is 4.80. The number of nitrogens with two attached hydrogens (primary N) is 1. The van der Waals surface area contributed by atoms with E-state index in [9.17, 15) is 18.5 Å². The van der Waals surface area contributed by atoms with Crippen LogP contribution in [0.25, 0.3) is 0 Å². The molecule has 0 aromatic heterocycles. The summed E-state index contributed by atoms with van der Waals surface area (Å²) in [5.74, 6) is 0. The van der Waals surface area contributed by atoms with Crippen LogP contribution in [-0.2, 0) is 14.8 Å². The fraction of sp³-hybridized carbons (Fsp3) is 0.500. The van der Waals surface area contributed by atoms with Gasteiger partial charge in [-0.3, -0.25) is 10.1 Å². The Balaban J connectivity index is 2.39. The van der Waals surface area contributed by atoms with Gasteiger partial charge in [-0.05, 0) is 12.5 Å². The van der Waals surface area contributed by atoms with Gasteiger partial charge in [-0.1, -0.05) is 6.07 Å². The third-order valence-corrected chi connectivity index (χ3v) is 5.37. The van der Waals surface area contributed by atoms with Gasteiger partial charge in [0.15, 0.2) is 0 Å². The summed E-state index contributed by atoms with van der Waals surface area (Å²) >= 11 is 0. The fourth-order valence-corrected chi connectivity index (χ4v) is 3.87. The average molecular weight is 315 g/mol. The van der Waals surface area contributed by atoms with Gasteiger partial charge in [0.1, 0.15) is 0 Å². The Morgan fingerprint density at radius 2 is 2.24 bits per heavy atom. The van der Waals surface area contributed by atoms with Gasteiger partial charge < -0.3 is 10.5 Å². The SMILES string of the molecule is Cc1ccc([N+](=O)[O-])cc1S(=O)(=O)N1CCOC(CN)C1. The van der Waals surface area contributed by atoms with Crippen LogP contribution in [0, 0.1) is 17.0 Å². The predicted octanol–water partition coefficient (Wildman–Crippen LogP) is 0.251. The number of rotatable bonds is 4. The lowest BCUT2D eigenvalue weighted by molar-refractivity contribution is -0.385. The maximum Gasteiger partial charge on any atom is 0.270 e. The number of ether oxygens (including phenoxy) is 1. The molecule has 0 saturated carbocycles. The maximum atomic E-state index is 12.7. The normalized spacial score (nSPS) is 20.4. The minimum atomic E-state index is -3.80. The summed E-state index contributed by atoms with van der Waals surface area (Å²) in [5.41, 5.74) is 5.73. The predicted molar refractivity (Wildman–Crippen MR) is 75.4 cm³/mol. The molecule has 2 N–H and O–H groups in total. The molecule has 1 atom stereocenters. The molecule has 0 bridgehead atoms. The Hall–Kier alpha value is -1.55. The van der Waals surface area contributed by atoms with E-state index in [0.29, 0.717) is 5.56 Å². The summed E-state index contributed by atoms with van der Waals surface area (Å²) in [5, 5.41) is 10.8. The van der Waals surface area contributed by atoms with Crippen molar-refractivity contribution in [3.8, 4) is 0 Å². The number of non-ortho nitro benzene ring substituents is 1. The molecule has 0 spiro atoms. The number of morpholine rings is 1. The van der Waals surface area contributed by atoms with Crippen LogP contribution in [0.15, 0.2) is 23.1 Å². The zero-order valence-corrected chi connectivity index (χ0v) is 12.4. The van der Waals surface area contributed by atoms with Crippen molar-refractivity contribution >= 4 is 15.7 Å². The average Bonchev–Trinajstić information content (AvgIpc) is 2.47. The molecular formula is C12H17N3O5S. The van der Waals surface area contributed by atoms with E-state index in [2.05, 4.69) is 0 Å². The zero-order chi connectivity index (χ0) is 15.6. The number of nitro benzene ring substituents is 1. The molecule has 0 radical (unpaired) electrons. The van der Waals surface area contributed by atoms with Crippen LogP contribution in [0.2, 0.25) is 0 Å². The second kappa shape index (κ2) is 6.06. The fourth-order valence-electron chi connectivity index (χ4n) is 2.17. The molecule has 1 aliphatic heterocycles. The molecular weight excluding hydrogens is 298 g/mol. The van der Waals surface area contributed by atoms with E-state index in [1.165, 1.54) is 16.4 Å². The lowest BCUT2D eigenvalue weighted by Gasteiger charge is -2.31. The number of sulfonamides is 1. The van der Waals surface area contributed by atoms with Crippen molar-refractivity contribution in [1.82, 2.24) is 4.31 Å². The Kier molecular flexibility index (Phi) is 4.57. The Morgan fingerprint density at radius 1 is 1.52 bits per heavy atom. The van der Waals surface area contributed by atoms with Crippen molar-refractivity contribution in [2.75, 3.05) is 26.2 Å². The van der Waals surface area contributed by atoms with Crippen LogP contribution in [0.3, 0.4) is 0 Å². The van der Waals surface area contributed by atoms with E-state index in [-0.39, 0.29) is 42.9 Å². The van der Waals surface area contributed by atoms with E-state index in [1.807, 2.05) is 0 Å². The number of aryl methyl sites for hydroxylation is 1. The monoisotopic (exact) mass is 315 g/mol. The lowest BCUT2D eigenvalue weighted by atomic mass is 10.2. The molecule has 1 aromatic rings. The third-order valence-electron chi connectivity index (χ3n) is 3.36. The molecule has 21 heavy (non-hydrogen) atoms. The highest BCUT2D eigenvalue weighted by Crippen LogP contribution is 2.25. The van der Waals surface area contributed by atoms with E-state index in [4.69, 9.17) is 10.5 Å². The third kappa shape index (κ3) is 3.21. The van der Waals surface area contributed by atoms with Gasteiger partial charge in [-0.25, -0.2) is 8.42 Å². The van der Waals surface area contributed by atoms with Crippen molar-refractivity contribution in [2.45, 2.75) is 17.9 Å². The molecule has 1 unspecified atom stereocenters. The molecule has 1 heterocycles. The highest BCUT2D eigenvalue weighted by Gasteiger charge is 2.32. The summed E-state index contributed by atoms with van der Waals surface area (Å²) in [6, 6.07) is 3.82.